The summed E-state index contributed by atoms with van der Waals surface area (Å²) in [6.07, 6.45) is 20.2. The van der Waals surface area contributed by atoms with Gasteiger partial charge in [0.25, 0.3) is 5.91 Å². The molecule has 0 saturated carbocycles. The van der Waals surface area contributed by atoms with Gasteiger partial charge in [0.15, 0.2) is 13.1 Å². The number of carbonyl (C=O) groups is 2. The predicted octanol–water partition coefficient (Wildman–Crippen LogP) is -4.74. The van der Waals surface area contributed by atoms with Gasteiger partial charge in [-0.05, 0) is 164 Å². The number of piperidine rings is 4. The molecular formula is C63H113Br4N14O9-5. The molecule has 0 atom stereocenters. The number of carbonyl (C=O) groups excluding carboxylic acids is 2. The van der Waals surface area contributed by atoms with Crippen molar-refractivity contribution in [3.05, 3.63) is 86.9 Å². The molecule has 0 radical (unpaired) electrons. The molecule has 0 aromatic carbocycles. The Balaban J connectivity index is 0.000000616. The fraction of sp³-hybridized carbons (Fsp3) is 0.810. The fourth-order valence-corrected chi connectivity index (χ4v) is 14.5. The zero-order valence-electron chi connectivity index (χ0n) is 59.4. The monoisotopic (exact) mass is 1530 g/mol. The van der Waals surface area contributed by atoms with Gasteiger partial charge in [0, 0.05) is 82.1 Å². The number of ether oxygens (including phenoxy) is 1. The van der Waals surface area contributed by atoms with E-state index in [1.54, 1.807) is 41.4 Å². The number of aromatic nitrogens is 6. The third-order valence-electron chi connectivity index (χ3n) is 19.3. The smallest absolute Gasteiger partial charge is 0.372 e. The number of aryl methyl sites for hydroxylation is 4. The first-order valence-corrected chi connectivity index (χ1v) is 30.7. The minimum atomic E-state index is -0.776. The number of amides is 1. The molecule has 3 aromatic heterocycles. The Kier molecular flexibility index (Phi) is 28.2. The number of hydrogen-bond donors (Lipinski definition) is 0. The minimum absolute atomic E-state index is 0. The van der Waals surface area contributed by atoms with E-state index in [9.17, 15) is 40.8 Å². The van der Waals surface area contributed by atoms with E-state index in [1.165, 1.54) is 15.2 Å². The van der Waals surface area contributed by atoms with Crippen LogP contribution in [0.15, 0.2) is 49.8 Å². The Labute approximate surface area is 581 Å². The lowest BCUT2D eigenvalue weighted by Crippen LogP contribution is -3.00. The quantitative estimate of drug-likeness (QED) is 0.0849. The largest absolute Gasteiger partial charge is 1.00 e. The third kappa shape index (κ3) is 18.9. The predicted molar refractivity (Wildman–Crippen MR) is 335 cm³/mol. The second-order valence-electron chi connectivity index (χ2n) is 32.7. The molecular weight excluding hydrogens is 1420 g/mol. The Morgan fingerprint density at radius 2 is 0.867 bits per heavy atom. The summed E-state index contributed by atoms with van der Waals surface area (Å²) in [5.74, 6) is 0.564. The van der Waals surface area contributed by atoms with Crippen LogP contribution >= 0.6 is 0 Å². The summed E-state index contributed by atoms with van der Waals surface area (Å²) >= 11 is 0. The van der Waals surface area contributed by atoms with Crippen molar-refractivity contribution in [2.45, 2.75) is 283 Å². The minimum Gasteiger partial charge on any atom is -1.00 e. The van der Waals surface area contributed by atoms with Gasteiger partial charge in [-0.15, -0.1) is 0 Å². The van der Waals surface area contributed by atoms with Crippen molar-refractivity contribution in [1.82, 2.24) is 43.9 Å². The summed E-state index contributed by atoms with van der Waals surface area (Å²) in [7, 11) is 14.1. The summed E-state index contributed by atoms with van der Waals surface area (Å²) in [5.41, 5.74) is -5.37. The SMILES string of the molecule is CC1(C)CC([N+](C)(C)C)CC(C)(C)N1[O-].C[n+]1ccn(CC(=O)N(C2CC(C)(C)N([O-])C(C)(C)C2)C2CC(C)(C)N([O-])C(C)(C)C2)c1.C[n+]1ccn(CC(=O)OC2CC(C)(C)N([O-])C(C)(C)C2)c1.Cn1cc[n+](C)c1C1=[N+]([O-])C(C)(C)C(C)(C)N1[O-].[Br-].[Br-].[Br-].[Br-]. The highest BCUT2D eigenvalue weighted by Crippen LogP contribution is 2.46. The second-order valence-corrected chi connectivity index (χ2v) is 32.7. The van der Waals surface area contributed by atoms with Crippen molar-refractivity contribution >= 4 is 17.7 Å². The van der Waals surface area contributed by atoms with Gasteiger partial charge in [0.05, 0.1) is 55.4 Å². The van der Waals surface area contributed by atoms with Crippen molar-refractivity contribution in [2.75, 3.05) is 21.1 Å². The van der Waals surface area contributed by atoms with Gasteiger partial charge < -0.3 is 134 Å². The van der Waals surface area contributed by atoms with Crippen molar-refractivity contribution < 1.29 is 105 Å². The summed E-state index contributed by atoms with van der Waals surface area (Å²) in [6, 6.07) is 0.453. The Hall–Kier alpha value is -2.64. The molecule has 27 heteroatoms. The molecule has 90 heavy (non-hydrogen) atoms. The molecule has 0 N–H and O–H groups in total. The maximum atomic E-state index is 13.8. The van der Waals surface area contributed by atoms with E-state index in [0.717, 1.165) is 32.2 Å². The van der Waals surface area contributed by atoms with Crippen molar-refractivity contribution in [3.8, 4) is 0 Å². The van der Waals surface area contributed by atoms with E-state index in [0.29, 0.717) is 50.4 Å². The topological polar surface area (TPSA) is 231 Å². The molecule has 0 aliphatic carbocycles. The summed E-state index contributed by atoms with van der Waals surface area (Å²) in [5, 5.41) is 81.0. The molecule has 3 aromatic rings. The molecule has 0 unspecified atom stereocenters. The number of esters is 1. The molecule has 8 heterocycles. The van der Waals surface area contributed by atoms with Gasteiger partial charge in [-0.2, -0.15) is 0 Å². The van der Waals surface area contributed by atoms with E-state index < -0.39 is 44.3 Å². The Morgan fingerprint density at radius 3 is 1.16 bits per heavy atom. The Morgan fingerprint density at radius 1 is 0.533 bits per heavy atom. The number of nitrogens with zero attached hydrogens (tertiary/aromatic N) is 14. The van der Waals surface area contributed by atoms with Crippen LogP contribution in [0, 0.1) is 31.2 Å². The highest BCUT2D eigenvalue weighted by molar-refractivity contribution is 5.92. The zero-order chi connectivity index (χ0) is 66.1. The normalized spacial score (nSPS) is 23.5. The van der Waals surface area contributed by atoms with Crippen LogP contribution in [0.1, 0.15) is 196 Å². The molecule has 0 bridgehead atoms. The molecule has 1 amide bonds. The molecule has 0 spiro atoms. The summed E-state index contributed by atoms with van der Waals surface area (Å²) in [6.45, 7) is 39.2. The van der Waals surface area contributed by atoms with E-state index in [1.807, 2.05) is 180 Å². The highest BCUT2D eigenvalue weighted by Gasteiger charge is 2.57. The van der Waals surface area contributed by atoms with Crippen LogP contribution in [0.2, 0.25) is 0 Å². The average molecular weight is 1530 g/mol. The first-order valence-electron chi connectivity index (χ1n) is 30.7. The highest BCUT2D eigenvalue weighted by atomic mass is 79.9. The lowest BCUT2D eigenvalue weighted by molar-refractivity contribution is -0.899. The molecule has 5 aliphatic rings. The van der Waals surface area contributed by atoms with Crippen LogP contribution in [-0.4, -0.2) is 172 Å². The van der Waals surface area contributed by atoms with Crippen LogP contribution < -0.4 is 81.6 Å². The number of imidazole rings is 3. The molecule has 4 saturated heterocycles. The van der Waals surface area contributed by atoms with Gasteiger partial charge in [0.2, 0.25) is 12.7 Å². The first kappa shape index (κ1) is 85.4. The van der Waals surface area contributed by atoms with Gasteiger partial charge >= 0.3 is 17.6 Å². The van der Waals surface area contributed by atoms with E-state index in [2.05, 4.69) is 48.8 Å². The van der Waals surface area contributed by atoms with Crippen molar-refractivity contribution in [1.29, 1.82) is 0 Å². The number of rotatable bonds is 9. The summed E-state index contributed by atoms with van der Waals surface area (Å²) < 4.78 is 18.4. The molecule has 5 aliphatic heterocycles. The molecule has 4 fully saturated rings. The lowest BCUT2D eigenvalue weighted by atomic mass is 9.74. The van der Waals surface area contributed by atoms with Crippen LogP contribution in [0.25, 0.3) is 0 Å². The van der Waals surface area contributed by atoms with Crippen LogP contribution in [-0.2, 0) is 55.6 Å². The zero-order valence-corrected chi connectivity index (χ0v) is 65.8. The number of halogens is 4. The number of quaternary nitrogens is 1. The molecule has 23 nitrogen and oxygen atoms in total. The van der Waals surface area contributed by atoms with Crippen LogP contribution in [0.5, 0.6) is 0 Å². The Bertz CT molecular complexity index is 2760. The maximum absolute atomic E-state index is 13.8. The second kappa shape index (κ2) is 29.8. The molecule has 8 rings (SSSR count). The van der Waals surface area contributed by atoms with E-state index in [-0.39, 0.29) is 128 Å². The van der Waals surface area contributed by atoms with Crippen molar-refractivity contribution in [2.24, 2.45) is 28.2 Å². The third-order valence-corrected chi connectivity index (χ3v) is 19.3. The van der Waals surface area contributed by atoms with Gasteiger partial charge in [0.1, 0.15) is 54.4 Å². The molecule has 522 valence electrons. The van der Waals surface area contributed by atoms with Crippen LogP contribution in [0.4, 0.5) is 0 Å². The van der Waals surface area contributed by atoms with Gasteiger partial charge in [-0.25, -0.2) is 32.2 Å². The number of hydrogen-bond acceptors (Lipinski definition) is 14. The number of hydroxylamine groups is 11. The lowest BCUT2D eigenvalue weighted by Gasteiger charge is -2.64. The van der Waals surface area contributed by atoms with Gasteiger partial charge in [-0.1, -0.05) is 0 Å². The van der Waals surface area contributed by atoms with Gasteiger partial charge in [-0.3, -0.25) is 14.6 Å². The standard InChI is InChI=1S/C24H42N5O3.C15H25N3O3.C12H20N4O2.C12H26N2O.4BrH/c1-21(2)12-18(13-22(3,4)28(21)31)27(20(30)16-26-11-10-25(9)17-26)19-14-23(5,6)29(32)24(7,8)15-19;1-14(2)8-12(9-15(3,4)18(14)20)21-13(19)10-17-7-6-16(5)11-17;1-11(2)12(3,4)16(18)10(15(11)17)9-13(5)7-8-14(9)6;1-11(2)8-10(14(5,6)7)9-12(3,4)13(11)15;;;;/h10-11,17-19H,12-16H2,1-9H3;6-7,11-12H,8-10H2,1-5H3;7-8H,1-6H3;10H,8-9H2,1-7H3;4*1H/q-1;;;;;;;/p-4. The van der Waals surface area contributed by atoms with Crippen LogP contribution in [0.3, 0.4) is 0 Å². The van der Waals surface area contributed by atoms with E-state index in [4.69, 9.17) is 4.74 Å². The summed E-state index contributed by atoms with van der Waals surface area (Å²) in [4.78, 5) is 27.9. The maximum Gasteiger partial charge on any atom is 0.372 e. The van der Waals surface area contributed by atoms with E-state index >= 15 is 0 Å². The average Bonchev–Trinajstić information content (AvgIpc) is 1.79. The first-order chi connectivity index (χ1) is 38.6. The fourth-order valence-electron chi connectivity index (χ4n) is 14.5. The number of amidine groups is 1. The van der Waals surface area contributed by atoms with Crippen molar-refractivity contribution in [3.63, 3.8) is 0 Å².